The van der Waals surface area contributed by atoms with E-state index in [0.717, 1.165) is 27.3 Å². The molecule has 0 fully saturated rings. The Morgan fingerprint density at radius 3 is 2.61 bits per heavy atom. The highest BCUT2D eigenvalue weighted by Gasteiger charge is 2.12. The van der Waals surface area contributed by atoms with E-state index in [4.69, 9.17) is 0 Å². The number of hydrogen-bond acceptors (Lipinski definition) is 6. The molecule has 0 saturated heterocycles. The van der Waals surface area contributed by atoms with E-state index in [1.165, 1.54) is 11.8 Å². The summed E-state index contributed by atoms with van der Waals surface area (Å²) >= 11 is 2.78. The fraction of sp³-hybridized carbons (Fsp3) is 0.263. The van der Waals surface area contributed by atoms with Crippen molar-refractivity contribution in [3.63, 3.8) is 0 Å². The molecule has 9 heteroatoms. The second-order valence-electron chi connectivity index (χ2n) is 6.33. The van der Waals surface area contributed by atoms with Gasteiger partial charge >= 0.3 is 0 Å². The first kappa shape index (κ1) is 20.1. The molecule has 28 heavy (non-hydrogen) atoms. The van der Waals surface area contributed by atoms with E-state index in [1.807, 2.05) is 50.4 Å². The highest BCUT2D eigenvalue weighted by atomic mass is 32.2. The SMILES string of the molecule is Cc1cc(C)c(NC(=O)CNC(=O)CSc2n[nH]c(-c3cccs3)n2)c(C)c1. The number of anilines is 1. The van der Waals surface area contributed by atoms with Crippen molar-refractivity contribution in [2.24, 2.45) is 0 Å². The largest absolute Gasteiger partial charge is 0.346 e. The topological polar surface area (TPSA) is 99.8 Å². The lowest BCUT2D eigenvalue weighted by Gasteiger charge is -2.13. The summed E-state index contributed by atoms with van der Waals surface area (Å²) in [6, 6.07) is 7.91. The van der Waals surface area contributed by atoms with Crippen LogP contribution >= 0.6 is 23.1 Å². The van der Waals surface area contributed by atoms with Crippen LogP contribution in [0.2, 0.25) is 0 Å². The summed E-state index contributed by atoms with van der Waals surface area (Å²) in [6.07, 6.45) is 0. The van der Waals surface area contributed by atoms with Crippen LogP contribution in [0.1, 0.15) is 16.7 Å². The minimum atomic E-state index is -0.258. The first-order chi connectivity index (χ1) is 13.4. The molecule has 3 aromatic rings. The van der Waals surface area contributed by atoms with Gasteiger partial charge in [0.1, 0.15) is 0 Å². The summed E-state index contributed by atoms with van der Waals surface area (Å²) < 4.78 is 0. The molecular formula is C19H21N5O2S2. The van der Waals surface area contributed by atoms with Crippen LogP contribution in [0.3, 0.4) is 0 Å². The molecule has 0 aliphatic heterocycles. The van der Waals surface area contributed by atoms with Crippen LogP contribution < -0.4 is 10.6 Å². The van der Waals surface area contributed by atoms with Crippen LogP contribution in [0.4, 0.5) is 5.69 Å². The maximum Gasteiger partial charge on any atom is 0.243 e. The number of nitrogens with zero attached hydrogens (tertiary/aromatic N) is 2. The molecule has 2 aromatic heterocycles. The quantitative estimate of drug-likeness (QED) is 0.514. The number of carbonyl (C=O) groups is 2. The van der Waals surface area contributed by atoms with E-state index >= 15 is 0 Å². The summed E-state index contributed by atoms with van der Waals surface area (Å²) in [7, 11) is 0. The fourth-order valence-corrected chi connectivity index (χ4v) is 4.05. The molecule has 0 radical (unpaired) electrons. The molecule has 0 aliphatic carbocycles. The number of thiophene rings is 1. The van der Waals surface area contributed by atoms with Gasteiger partial charge in [0.05, 0.1) is 17.2 Å². The predicted octanol–water partition coefficient (Wildman–Crippen LogP) is 3.31. The van der Waals surface area contributed by atoms with E-state index < -0.39 is 0 Å². The van der Waals surface area contributed by atoms with Crippen molar-refractivity contribution in [1.82, 2.24) is 20.5 Å². The number of H-pyrrole nitrogens is 1. The number of aryl methyl sites for hydroxylation is 3. The Morgan fingerprint density at radius 1 is 1.18 bits per heavy atom. The molecule has 3 N–H and O–H groups in total. The van der Waals surface area contributed by atoms with Gasteiger partial charge in [0, 0.05) is 5.69 Å². The van der Waals surface area contributed by atoms with Crippen molar-refractivity contribution in [3.8, 4) is 10.7 Å². The van der Waals surface area contributed by atoms with Gasteiger partial charge in [-0.25, -0.2) is 4.98 Å². The molecule has 0 atom stereocenters. The normalized spacial score (nSPS) is 10.7. The molecule has 0 bridgehead atoms. The van der Waals surface area contributed by atoms with Gasteiger partial charge in [-0.3, -0.25) is 14.7 Å². The first-order valence-electron chi connectivity index (χ1n) is 8.66. The number of carbonyl (C=O) groups excluding carboxylic acids is 2. The second-order valence-corrected chi connectivity index (χ2v) is 8.22. The average molecular weight is 416 g/mol. The van der Waals surface area contributed by atoms with Gasteiger partial charge < -0.3 is 10.6 Å². The van der Waals surface area contributed by atoms with Crippen LogP contribution in [0.15, 0.2) is 34.8 Å². The molecule has 0 saturated carbocycles. The molecule has 1 aromatic carbocycles. The molecule has 146 valence electrons. The van der Waals surface area contributed by atoms with Gasteiger partial charge in [0.25, 0.3) is 0 Å². The summed E-state index contributed by atoms with van der Waals surface area (Å²) in [5.74, 6) is 0.310. The third-order valence-electron chi connectivity index (χ3n) is 3.94. The number of benzene rings is 1. The summed E-state index contributed by atoms with van der Waals surface area (Å²) in [4.78, 5) is 29.5. The highest BCUT2D eigenvalue weighted by Crippen LogP contribution is 2.23. The fourth-order valence-electron chi connectivity index (χ4n) is 2.76. The molecule has 0 spiro atoms. The van der Waals surface area contributed by atoms with Gasteiger partial charge in [0.2, 0.25) is 17.0 Å². The molecular weight excluding hydrogens is 394 g/mol. The minimum absolute atomic E-state index is 0.0827. The van der Waals surface area contributed by atoms with Crippen LogP contribution in [-0.4, -0.2) is 39.3 Å². The van der Waals surface area contributed by atoms with E-state index in [0.29, 0.717) is 11.0 Å². The van der Waals surface area contributed by atoms with E-state index in [-0.39, 0.29) is 24.1 Å². The van der Waals surface area contributed by atoms with Gasteiger partial charge in [-0.05, 0) is 43.3 Å². The lowest BCUT2D eigenvalue weighted by atomic mass is 10.1. The molecule has 2 amide bonds. The monoisotopic (exact) mass is 415 g/mol. The van der Waals surface area contributed by atoms with Crippen LogP contribution in [-0.2, 0) is 9.59 Å². The number of aromatic amines is 1. The Balaban J connectivity index is 1.45. The van der Waals surface area contributed by atoms with Crippen LogP contribution in [0.5, 0.6) is 0 Å². The Hall–Kier alpha value is -2.65. The molecule has 0 unspecified atom stereocenters. The number of nitrogens with one attached hydrogen (secondary N) is 3. The van der Waals surface area contributed by atoms with Crippen molar-refractivity contribution in [2.75, 3.05) is 17.6 Å². The number of aromatic nitrogens is 3. The Bertz CT molecular complexity index is 959. The summed E-state index contributed by atoms with van der Waals surface area (Å²) in [5.41, 5.74) is 3.94. The lowest BCUT2D eigenvalue weighted by molar-refractivity contribution is -0.122. The zero-order chi connectivity index (χ0) is 20.1. The average Bonchev–Trinajstić information content (AvgIpc) is 3.32. The van der Waals surface area contributed by atoms with E-state index in [9.17, 15) is 9.59 Å². The smallest absolute Gasteiger partial charge is 0.243 e. The third kappa shape index (κ3) is 5.20. The second kappa shape index (κ2) is 9.03. The maximum absolute atomic E-state index is 12.2. The Morgan fingerprint density at radius 2 is 1.93 bits per heavy atom. The van der Waals surface area contributed by atoms with E-state index in [2.05, 4.69) is 25.8 Å². The zero-order valence-electron chi connectivity index (χ0n) is 15.8. The Kier molecular flexibility index (Phi) is 6.48. The minimum Gasteiger partial charge on any atom is -0.346 e. The van der Waals surface area contributed by atoms with Gasteiger partial charge in [-0.1, -0.05) is 35.5 Å². The Labute approximate surface area is 171 Å². The van der Waals surface area contributed by atoms with Crippen molar-refractivity contribution >= 4 is 40.6 Å². The molecule has 7 nitrogen and oxygen atoms in total. The zero-order valence-corrected chi connectivity index (χ0v) is 17.5. The number of hydrogen-bond donors (Lipinski definition) is 3. The van der Waals surface area contributed by atoms with Gasteiger partial charge in [-0.15, -0.1) is 16.4 Å². The van der Waals surface area contributed by atoms with Gasteiger partial charge in [-0.2, -0.15) is 0 Å². The standard InChI is InChI=1S/C19H21N5O2S2/c1-11-7-12(2)17(13(3)8-11)21-15(25)9-20-16(26)10-28-19-22-18(23-24-19)14-5-4-6-27-14/h4-8H,9-10H2,1-3H3,(H,20,26)(H,21,25)(H,22,23,24). The van der Waals surface area contributed by atoms with Crippen LogP contribution in [0.25, 0.3) is 10.7 Å². The van der Waals surface area contributed by atoms with Crippen molar-refractivity contribution in [2.45, 2.75) is 25.9 Å². The highest BCUT2D eigenvalue weighted by molar-refractivity contribution is 7.99. The van der Waals surface area contributed by atoms with Crippen molar-refractivity contribution < 1.29 is 9.59 Å². The predicted molar refractivity (Wildman–Crippen MR) is 113 cm³/mol. The van der Waals surface area contributed by atoms with Crippen LogP contribution in [0, 0.1) is 20.8 Å². The third-order valence-corrected chi connectivity index (χ3v) is 5.66. The molecule has 0 aliphatic rings. The lowest BCUT2D eigenvalue weighted by Crippen LogP contribution is -2.34. The maximum atomic E-state index is 12.2. The summed E-state index contributed by atoms with van der Waals surface area (Å²) in [6.45, 7) is 5.83. The van der Waals surface area contributed by atoms with Crippen molar-refractivity contribution in [3.05, 3.63) is 46.3 Å². The van der Waals surface area contributed by atoms with E-state index in [1.54, 1.807) is 11.3 Å². The number of amides is 2. The van der Waals surface area contributed by atoms with Crippen molar-refractivity contribution in [1.29, 1.82) is 0 Å². The summed E-state index contributed by atoms with van der Waals surface area (Å²) in [5, 5.41) is 14.9. The van der Waals surface area contributed by atoms with Gasteiger partial charge in [0.15, 0.2) is 5.82 Å². The molecule has 3 rings (SSSR count). The number of rotatable bonds is 7. The number of thioether (sulfide) groups is 1. The molecule has 2 heterocycles. The first-order valence-corrected chi connectivity index (χ1v) is 10.5.